The first-order valence-corrected chi connectivity index (χ1v) is 13.3. The Morgan fingerprint density at radius 3 is 2.18 bits per heavy atom. The smallest absolute Gasteiger partial charge is 0.408 e. The summed E-state index contributed by atoms with van der Waals surface area (Å²) in [7, 11) is 0. The van der Waals surface area contributed by atoms with E-state index in [1.54, 1.807) is 12.1 Å². The van der Waals surface area contributed by atoms with Crippen LogP contribution in [-0.4, -0.2) is 24.9 Å². The Morgan fingerprint density at radius 1 is 0.897 bits per heavy atom. The van der Waals surface area contributed by atoms with Crippen molar-refractivity contribution in [2.45, 2.75) is 51.2 Å². The molecule has 3 aromatic carbocycles. The number of hydrogen-bond acceptors (Lipinski definition) is 6. The molecule has 0 unspecified atom stereocenters. The Balaban J connectivity index is 1.43. The maximum absolute atomic E-state index is 14.0. The summed E-state index contributed by atoms with van der Waals surface area (Å²) in [4.78, 5) is 26.6. The molecule has 4 aromatic rings. The molecule has 0 spiro atoms. The monoisotopic (exact) mass is 525 g/mol. The quantitative estimate of drug-likeness (QED) is 0.315. The SMILES string of the molecule is CC(C)(C)OC(=O)NC1(c2ccc(-c3c(-c4ccccc4)oc4cc5c(cc4c3=O)OCCO5)cc2)CCC1. The molecule has 0 bridgehead atoms. The predicted molar refractivity (Wildman–Crippen MR) is 149 cm³/mol. The van der Waals surface area contributed by atoms with E-state index in [4.69, 9.17) is 18.6 Å². The van der Waals surface area contributed by atoms with Crippen LogP contribution in [0.2, 0.25) is 0 Å². The Kier molecular flexibility index (Phi) is 6.09. The van der Waals surface area contributed by atoms with Crippen LogP contribution in [0.4, 0.5) is 4.79 Å². The molecule has 1 aliphatic carbocycles. The number of alkyl carbamates (subject to hydrolysis) is 1. The van der Waals surface area contributed by atoms with E-state index in [0.29, 0.717) is 47.0 Å². The third-order valence-corrected chi connectivity index (χ3v) is 7.26. The average molecular weight is 526 g/mol. The number of ether oxygens (including phenoxy) is 3. The Morgan fingerprint density at radius 2 is 1.56 bits per heavy atom. The number of carbonyl (C=O) groups is 1. The van der Waals surface area contributed by atoms with Gasteiger partial charge in [-0.15, -0.1) is 0 Å². The molecule has 39 heavy (non-hydrogen) atoms. The number of fused-ring (bicyclic) bond motifs is 2. The second-order valence-corrected chi connectivity index (χ2v) is 11.1. The van der Waals surface area contributed by atoms with E-state index < -0.39 is 17.2 Å². The van der Waals surface area contributed by atoms with Crippen molar-refractivity contribution in [2.75, 3.05) is 13.2 Å². The van der Waals surface area contributed by atoms with E-state index in [2.05, 4.69) is 5.32 Å². The number of hydrogen-bond donors (Lipinski definition) is 1. The highest BCUT2D eigenvalue weighted by Crippen LogP contribution is 2.43. The fraction of sp³-hybridized carbons (Fsp3) is 0.312. The van der Waals surface area contributed by atoms with Crippen LogP contribution in [0.3, 0.4) is 0 Å². The molecule has 0 saturated heterocycles. The van der Waals surface area contributed by atoms with E-state index in [9.17, 15) is 9.59 Å². The molecule has 1 saturated carbocycles. The molecule has 200 valence electrons. The first kappa shape index (κ1) is 25.0. The van der Waals surface area contributed by atoms with Crippen molar-refractivity contribution >= 4 is 17.1 Å². The molecule has 6 rings (SSSR count). The average Bonchev–Trinajstić information content (AvgIpc) is 2.89. The highest BCUT2D eigenvalue weighted by atomic mass is 16.6. The van der Waals surface area contributed by atoms with Gasteiger partial charge in [-0.25, -0.2) is 4.79 Å². The van der Waals surface area contributed by atoms with Gasteiger partial charge in [-0.3, -0.25) is 4.79 Å². The molecule has 1 N–H and O–H groups in total. The van der Waals surface area contributed by atoms with Crippen molar-refractivity contribution in [3.05, 3.63) is 82.5 Å². The molecule has 7 heteroatoms. The van der Waals surface area contributed by atoms with Crippen LogP contribution in [-0.2, 0) is 10.3 Å². The summed E-state index contributed by atoms with van der Waals surface area (Å²) in [5, 5.41) is 3.53. The first-order chi connectivity index (χ1) is 18.7. The summed E-state index contributed by atoms with van der Waals surface area (Å²) in [5.41, 5.74) is 2.22. The van der Waals surface area contributed by atoms with Gasteiger partial charge in [0.2, 0.25) is 5.43 Å². The lowest BCUT2D eigenvalue weighted by Gasteiger charge is -2.43. The van der Waals surface area contributed by atoms with Crippen molar-refractivity contribution < 1.29 is 23.4 Å². The number of nitrogens with one attached hydrogen (secondary N) is 1. The minimum Gasteiger partial charge on any atom is -0.486 e. The van der Waals surface area contributed by atoms with E-state index in [-0.39, 0.29) is 5.43 Å². The minimum atomic E-state index is -0.576. The molecule has 1 amide bonds. The van der Waals surface area contributed by atoms with Gasteiger partial charge in [0.05, 0.1) is 16.5 Å². The van der Waals surface area contributed by atoms with E-state index in [0.717, 1.165) is 36.0 Å². The van der Waals surface area contributed by atoms with Gasteiger partial charge in [-0.1, -0.05) is 54.6 Å². The van der Waals surface area contributed by atoms with Gasteiger partial charge in [0.25, 0.3) is 0 Å². The summed E-state index contributed by atoms with van der Waals surface area (Å²) in [6.45, 7) is 6.43. The molecule has 7 nitrogen and oxygen atoms in total. The van der Waals surface area contributed by atoms with Gasteiger partial charge in [0, 0.05) is 11.6 Å². The minimum absolute atomic E-state index is 0.148. The summed E-state index contributed by atoms with van der Waals surface area (Å²) in [6.07, 6.45) is 2.24. The van der Waals surface area contributed by atoms with Crippen LogP contribution in [0.1, 0.15) is 45.6 Å². The van der Waals surface area contributed by atoms with Crippen molar-refractivity contribution in [3.63, 3.8) is 0 Å². The molecule has 1 aromatic heterocycles. The zero-order valence-corrected chi connectivity index (χ0v) is 22.3. The third-order valence-electron chi connectivity index (χ3n) is 7.26. The first-order valence-electron chi connectivity index (χ1n) is 13.3. The van der Waals surface area contributed by atoms with Gasteiger partial charge < -0.3 is 23.9 Å². The van der Waals surface area contributed by atoms with E-state index in [1.807, 2.05) is 75.4 Å². The topological polar surface area (TPSA) is 87.0 Å². The molecule has 0 atom stereocenters. The fourth-order valence-corrected chi connectivity index (χ4v) is 5.26. The van der Waals surface area contributed by atoms with Crippen LogP contribution in [0.25, 0.3) is 33.4 Å². The maximum atomic E-state index is 14.0. The summed E-state index contributed by atoms with van der Waals surface area (Å²) in [6, 6.07) is 20.9. The van der Waals surface area contributed by atoms with Crippen LogP contribution in [0.5, 0.6) is 11.5 Å². The predicted octanol–water partition coefficient (Wildman–Crippen LogP) is 6.80. The van der Waals surface area contributed by atoms with Crippen molar-refractivity contribution in [1.29, 1.82) is 0 Å². The molecule has 1 fully saturated rings. The van der Waals surface area contributed by atoms with Crippen molar-refractivity contribution in [2.24, 2.45) is 0 Å². The normalized spacial score (nSPS) is 15.9. The van der Waals surface area contributed by atoms with Crippen molar-refractivity contribution in [3.8, 4) is 33.9 Å². The lowest BCUT2D eigenvalue weighted by molar-refractivity contribution is 0.0377. The Labute approximate surface area is 226 Å². The number of benzene rings is 3. The zero-order valence-electron chi connectivity index (χ0n) is 22.3. The largest absolute Gasteiger partial charge is 0.486 e. The summed E-state index contributed by atoms with van der Waals surface area (Å²) < 4.78 is 23.4. The fourth-order valence-electron chi connectivity index (χ4n) is 5.26. The van der Waals surface area contributed by atoms with Crippen LogP contribution in [0, 0.1) is 0 Å². The standard InChI is InChI=1S/C32H31NO6/c1-31(2,3)39-30(35)33-32(14-7-15-32)22-12-10-20(11-13-22)27-28(34)23-18-25-26(37-17-16-36-25)19-24(23)38-29(27)21-8-5-4-6-9-21/h4-6,8-13,18-19H,7,14-17H2,1-3H3,(H,33,35). The number of amides is 1. The van der Waals surface area contributed by atoms with E-state index >= 15 is 0 Å². The Hall–Kier alpha value is -4.26. The number of carbonyl (C=O) groups excluding carboxylic acids is 1. The van der Waals surface area contributed by atoms with Gasteiger partial charge in [-0.2, -0.15) is 0 Å². The highest BCUT2D eigenvalue weighted by molar-refractivity contribution is 5.90. The molecule has 0 radical (unpaired) electrons. The maximum Gasteiger partial charge on any atom is 0.408 e. The molecular weight excluding hydrogens is 494 g/mol. The molecule has 2 heterocycles. The molecule has 1 aliphatic heterocycles. The second-order valence-electron chi connectivity index (χ2n) is 11.1. The van der Waals surface area contributed by atoms with Crippen LogP contribution in [0.15, 0.2) is 75.9 Å². The lowest BCUT2D eigenvalue weighted by Crippen LogP contribution is -2.52. The van der Waals surface area contributed by atoms with Crippen molar-refractivity contribution in [1.82, 2.24) is 5.32 Å². The Bertz CT molecular complexity index is 1590. The highest BCUT2D eigenvalue weighted by Gasteiger charge is 2.41. The second kappa shape index (κ2) is 9.49. The summed E-state index contributed by atoms with van der Waals surface area (Å²) >= 11 is 0. The van der Waals surface area contributed by atoms with Gasteiger partial charge >= 0.3 is 6.09 Å². The lowest BCUT2D eigenvalue weighted by atomic mass is 9.71. The van der Waals surface area contributed by atoms with Gasteiger partial charge in [0.1, 0.15) is 30.2 Å². The van der Waals surface area contributed by atoms with Gasteiger partial charge in [-0.05, 0) is 57.2 Å². The zero-order chi connectivity index (χ0) is 27.2. The van der Waals surface area contributed by atoms with Crippen LogP contribution >= 0.6 is 0 Å². The summed E-state index contributed by atoms with van der Waals surface area (Å²) in [5.74, 6) is 1.59. The molecule has 2 aliphatic rings. The van der Waals surface area contributed by atoms with Gasteiger partial charge in [0.15, 0.2) is 11.5 Å². The third kappa shape index (κ3) is 4.73. The van der Waals surface area contributed by atoms with E-state index in [1.165, 1.54) is 0 Å². The molecular formula is C32H31NO6. The number of rotatable bonds is 4. The van der Waals surface area contributed by atoms with Crippen LogP contribution < -0.4 is 20.2 Å².